The highest BCUT2D eigenvalue weighted by Crippen LogP contribution is 2.30. The molecule has 0 saturated carbocycles. The van der Waals surface area contributed by atoms with Crippen LogP contribution in [0.2, 0.25) is 0 Å². The van der Waals surface area contributed by atoms with Gasteiger partial charge in [0, 0.05) is 7.11 Å². The lowest BCUT2D eigenvalue weighted by molar-refractivity contribution is -0.145. The average molecular weight is 413 g/mol. The Hall–Kier alpha value is -3.70. The number of carbonyl (C=O) groups is 2. The zero-order valence-electron chi connectivity index (χ0n) is 16.7. The zero-order chi connectivity index (χ0) is 22.1. The summed E-state index contributed by atoms with van der Waals surface area (Å²) in [6.45, 7) is 1.84. The van der Waals surface area contributed by atoms with Crippen LogP contribution in [0.4, 0.5) is 4.39 Å². The zero-order valence-corrected chi connectivity index (χ0v) is 16.7. The van der Waals surface area contributed by atoms with E-state index >= 15 is 0 Å². The molecule has 30 heavy (non-hydrogen) atoms. The topological polar surface area (TPSA) is 94.9 Å². The largest absolute Gasteiger partial charge is 0.493 e. The van der Waals surface area contributed by atoms with Crippen LogP contribution < -0.4 is 9.47 Å². The van der Waals surface area contributed by atoms with Gasteiger partial charge in [-0.15, -0.1) is 0 Å². The molecule has 0 amide bonds. The summed E-state index contributed by atoms with van der Waals surface area (Å²) in [5, 5.41) is 9.27. The Balaban J connectivity index is 2.20. The first-order valence-electron chi connectivity index (χ1n) is 8.85. The number of ether oxygens (including phenoxy) is 4. The fourth-order valence-corrected chi connectivity index (χ4v) is 2.42. The molecule has 0 unspecified atom stereocenters. The highest BCUT2D eigenvalue weighted by atomic mass is 19.1. The molecule has 2 aromatic rings. The van der Waals surface area contributed by atoms with Gasteiger partial charge in [-0.25, -0.2) is 14.0 Å². The van der Waals surface area contributed by atoms with Crippen molar-refractivity contribution in [1.29, 1.82) is 5.26 Å². The van der Waals surface area contributed by atoms with Crippen molar-refractivity contribution < 1.29 is 32.9 Å². The lowest BCUT2D eigenvalue weighted by atomic mass is 10.1. The van der Waals surface area contributed by atoms with Crippen molar-refractivity contribution >= 4 is 18.0 Å². The number of carbonyl (C=O) groups excluding carboxylic acids is 2. The van der Waals surface area contributed by atoms with Crippen LogP contribution in [0.3, 0.4) is 0 Å². The van der Waals surface area contributed by atoms with Gasteiger partial charge in [-0.2, -0.15) is 5.26 Å². The third kappa shape index (κ3) is 6.15. The van der Waals surface area contributed by atoms with Gasteiger partial charge < -0.3 is 18.9 Å². The molecule has 0 aliphatic carbocycles. The fraction of sp³-hybridized carbons (Fsp3) is 0.227. The lowest BCUT2D eigenvalue weighted by Crippen LogP contribution is -2.20. The number of hydrogen-bond donors (Lipinski definition) is 0. The smallest absolute Gasteiger partial charge is 0.349 e. The van der Waals surface area contributed by atoms with E-state index in [0.717, 1.165) is 12.1 Å². The number of benzene rings is 2. The first kappa shape index (κ1) is 22.6. The van der Waals surface area contributed by atoms with Gasteiger partial charge in [0.05, 0.1) is 19.3 Å². The van der Waals surface area contributed by atoms with Gasteiger partial charge in [0.15, 0.2) is 11.5 Å². The molecule has 0 spiro atoms. The quantitative estimate of drug-likeness (QED) is 0.283. The molecule has 0 heterocycles. The third-order valence-electron chi connectivity index (χ3n) is 3.83. The lowest BCUT2D eigenvalue weighted by Gasteiger charge is -2.12. The second-order valence-electron chi connectivity index (χ2n) is 6.15. The molecule has 0 radical (unpaired) electrons. The molecule has 0 fully saturated rings. The first-order chi connectivity index (χ1) is 14.4. The predicted molar refractivity (Wildman–Crippen MR) is 105 cm³/mol. The summed E-state index contributed by atoms with van der Waals surface area (Å²) in [5.41, 5.74) is 0.416. The third-order valence-corrected chi connectivity index (χ3v) is 3.83. The molecule has 1 atom stereocenters. The molecule has 7 nitrogen and oxygen atoms in total. The van der Waals surface area contributed by atoms with Crippen molar-refractivity contribution in [3.8, 4) is 17.6 Å². The summed E-state index contributed by atoms with van der Waals surface area (Å²) in [5.74, 6) is -1.61. The van der Waals surface area contributed by atoms with Gasteiger partial charge in [0.25, 0.3) is 0 Å². The molecular formula is C22H20FNO6. The van der Waals surface area contributed by atoms with Crippen molar-refractivity contribution in [2.45, 2.75) is 13.0 Å². The Morgan fingerprint density at radius 2 is 1.83 bits per heavy atom. The van der Waals surface area contributed by atoms with Crippen LogP contribution in [0.25, 0.3) is 6.08 Å². The van der Waals surface area contributed by atoms with Crippen LogP contribution in [0.5, 0.6) is 11.5 Å². The van der Waals surface area contributed by atoms with Gasteiger partial charge in [0.1, 0.15) is 23.6 Å². The molecular weight excluding hydrogens is 393 g/mol. The fourth-order valence-electron chi connectivity index (χ4n) is 2.42. The van der Waals surface area contributed by atoms with Crippen LogP contribution in [-0.4, -0.2) is 38.9 Å². The maximum Gasteiger partial charge on any atom is 0.349 e. The van der Waals surface area contributed by atoms with E-state index in [-0.39, 0.29) is 29.2 Å². The summed E-state index contributed by atoms with van der Waals surface area (Å²) < 4.78 is 33.5. The van der Waals surface area contributed by atoms with Gasteiger partial charge in [-0.05, 0) is 55.0 Å². The summed E-state index contributed by atoms with van der Waals surface area (Å²) in [4.78, 5) is 24.3. The van der Waals surface area contributed by atoms with E-state index in [1.165, 1.54) is 44.6 Å². The summed E-state index contributed by atoms with van der Waals surface area (Å²) in [6, 6.07) is 11.2. The van der Waals surface area contributed by atoms with Crippen molar-refractivity contribution in [3.63, 3.8) is 0 Å². The Morgan fingerprint density at radius 1 is 1.13 bits per heavy atom. The van der Waals surface area contributed by atoms with E-state index in [4.69, 9.17) is 18.9 Å². The molecule has 0 aromatic heterocycles. The van der Waals surface area contributed by atoms with Crippen LogP contribution in [0.15, 0.2) is 48.0 Å². The maximum absolute atomic E-state index is 13.0. The van der Waals surface area contributed by atoms with Gasteiger partial charge in [-0.3, -0.25) is 0 Å². The van der Waals surface area contributed by atoms with Crippen molar-refractivity contribution in [2.24, 2.45) is 0 Å². The van der Waals surface area contributed by atoms with Crippen molar-refractivity contribution in [3.05, 3.63) is 65.0 Å². The van der Waals surface area contributed by atoms with Crippen molar-refractivity contribution in [1.82, 2.24) is 0 Å². The molecule has 0 aliphatic rings. The van der Waals surface area contributed by atoms with E-state index in [0.29, 0.717) is 5.56 Å². The Morgan fingerprint density at radius 3 is 2.43 bits per heavy atom. The van der Waals surface area contributed by atoms with Crippen LogP contribution >= 0.6 is 0 Å². The van der Waals surface area contributed by atoms with E-state index in [9.17, 15) is 19.2 Å². The van der Waals surface area contributed by atoms with Crippen LogP contribution in [0, 0.1) is 17.1 Å². The maximum atomic E-state index is 13.0. The van der Waals surface area contributed by atoms with E-state index in [2.05, 4.69) is 0 Å². The standard InChI is InChI=1S/C22H20FNO6/c1-14(13-27-2)29-22(26)17(12-24)10-15-4-9-19(20(11-15)28-3)30-21(25)16-5-7-18(23)8-6-16/h4-11,14H,13H2,1-3H3/b17-10+/t14-/m0/s1. The van der Waals surface area contributed by atoms with Crippen LogP contribution in [-0.2, 0) is 14.3 Å². The summed E-state index contributed by atoms with van der Waals surface area (Å²) in [6.07, 6.45) is 0.817. The average Bonchev–Trinajstić information content (AvgIpc) is 2.73. The Kier molecular flexibility index (Phi) is 8.08. The minimum Gasteiger partial charge on any atom is -0.493 e. The van der Waals surface area contributed by atoms with E-state index in [1.54, 1.807) is 19.1 Å². The molecule has 156 valence electrons. The molecule has 0 bridgehead atoms. The summed E-state index contributed by atoms with van der Waals surface area (Å²) in [7, 11) is 2.85. The summed E-state index contributed by atoms with van der Waals surface area (Å²) >= 11 is 0. The number of halogens is 1. The second-order valence-corrected chi connectivity index (χ2v) is 6.15. The SMILES string of the molecule is COC[C@H](C)OC(=O)/C(C#N)=C/c1ccc(OC(=O)c2ccc(F)cc2)c(OC)c1. The Bertz CT molecular complexity index is 978. The molecule has 2 rings (SSSR count). The first-order valence-corrected chi connectivity index (χ1v) is 8.85. The minimum atomic E-state index is -0.784. The predicted octanol–water partition coefficient (Wildman–Crippen LogP) is 3.54. The van der Waals surface area contributed by atoms with Crippen molar-refractivity contribution in [2.75, 3.05) is 20.8 Å². The monoisotopic (exact) mass is 413 g/mol. The Labute approximate surface area is 173 Å². The van der Waals surface area contributed by atoms with E-state index in [1.807, 2.05) is 0 Å². The number of hydrogen-bond acceptors (Lipinski definition) is 7. The minimum absolute atomic E-state index is 0.124. The molecule has 0 aliphatic heterocycles. The highest BCUT2D eigenvalue weighted by Gasteiger charge is 2.16. The number of rotatable bonds is 8. The van der Waals surface area contributed by atoms with Crippen LogP contribution in [0.1, 0.15) is 22.8 Å². The normalized spacial score (nSPS) is 11.9. The molecule has 0 saturated heterocycles. The number of nitrogens with zero attached hydrogens (tertiary/aromatic N) is 1. The van der Waals surface area contributed by atoms with E-state index < -0.39 is 23.9 Å². The van der Waals surface area contributed by atoms with Gasteiger partial charge >= 0.3 is 11.9 Å². The molecule has 0 N–H and O–H groups in total. The highest BCUT2D eigenvalue weighted by molar-refractivity contribution is 5.98. The second kappa shape index (κ2) is 10.7. The number of methoxy groups -OCH3 is 2. The van der Waals surface area contributed by atoms with Gasteiger partial charge in [0.2, 0.25) is 0 Å². The molecule has 8 heteroatoms. The van der Waals surface area contributed by atoms with Gasteiger partial charge in [-0.1, -0.05) is 6.07 Å². The molecule has 2 aromatic carbocycles. The number of nitriles is 1. The number of esters is 2.